The minimum absolute atomic E-state index is 0.0700. The Morgan fingerprint density at radius 2 is 2.18 bits per heavy atom. The number of hydrogen-bond acceptors (Lipinski definition) is 3. The van der Waals surface area contributed by atoms with Crippen LogP contribution in [-0.4, -0.2) is 23.8 Å². The first-order chi connectivity index (χ1) is 8.08. The molecule has 0 aromatic heterocycles. The third-order valence-electron chi connectivity index (χ3n) is 5.00. The van der Waals surface area contributed by atoms with Crippen molar-refractivity contribution in [1.29, 1.82) is 0 Å². The number of carbonyl (C=O) groups excluding carboxylic acids is 1. The molecule has 0 radical (unpaired) electrons. The summed E-state index contributed by atoms with van der Waals surface area (Å²) in [5.74, 6) is 0.733. The van der Waals surface area contributed by atoms with E-state index in [-0.39, 0.29) is 17.5 Å². The van der Waals surface area contributed by atoms with Crippen molar-refractivity contribution in [3.63, 3.8) is 0 Å². The highest BCUT2D eigenvalue weighted by Crippen LogP contribution is 2.56. The normalized spacial score (nSPS) is 41.0. The Kier molecular flexibility index (Phi) is 3.76. The van der Waals surface area contributed by atoms with Crippen LogP contribution in [0.2, 0.25) is 0 Å². The molecule has 1 N–H and O–H groups in total. The second-order valence-electron chi connectivity index (χ2n) is 5.86. The van der Waals surface area contributed by atoms with E-state index in [4.69, 9.17) is 4.74 Å². The van der Waals surface area contributed by atoms with E-state index < -0.39 is 0 Å². The molecule has 0 spiro atoms. The first kappa shape index (κ1) is 12.9. The number of rotatable bonds is 3. The zero-order valence-corrected chi connectivity index (χ0v) is 10.9. The zero-order chi connectivity index (χ0) is 12.5. The van der Waals surface area contributed by atoms with Crippen molar-refractivity contribution in [3.05, 3.63) is 0 Å². The first-order valence-corrected chi connectivity index (χ1v) is 6.91. The SMILES string of the molecule is CCOC(=O)C[C@H]1CC[C@@H]2[C@@H](O)CCC[C@]12C. The lowest BCUT2D eigenvalue weighted by Crippen LogP contribution is -2.40. The second kappa shape index (κ2) is 4.97. The molecule has 0 aromatic rings. The standard InChI is InChI=1S/C14H24O3/c1-3-17-13(16)9-10-6-7-11-12(15)5-4-8-14(10,11)2/h10-12,15H,3-9H2,1-2H3/t10-,11-,12+,14-/m1/s1. The average Bonchev–Trinajstić information content (AvgIpc) is 2.58. The van der Waals surface area contributed by atoms with Crippen LogP contribution in [-0.2, 0) is 9.53 Å². The Hall–Kier alpha value is -0.570. The molecule has 0 amide bonds. The van der Waals surface area contributed by atoms with Crippen LogP contribution in [0.4, 0.5) is 0 Å². The van der Waals surface area contributed by atoms with Crippen LogP contribution in [0.3, 0.4) is 0 Å². The van der Waals surface area contributed by atoms with E-state index in [0.29, 0.717) is 24.9 Å². The predicted octanol–water partition coefficient (Wildman–Crippen LogP) is 2.52. The Bertz CT molecular complexity index is 289. The molecule has 2 aliphatic carbocycles. The van der Waals surface area contributed by atoms with E-state index in [0.717, 1.165) is 32.1 Å². The monoisotopic (exact) mass is 240 g/mol. The van der Waals surface area contributed by atoms with Gasteiger partial charge in [-0.2, -0.15) is 0 Å². The molecule has 4 atom stereocenters. The number of ether oxygens (including phenoxy) is 1. The number of aliphatic hydroxyl groups is 1. The molecule has 3 heteroatoms. The zero-order valence-electron chi connectivity index (χ0n) is 10.9. The van der Waals surface area contributed by atoms with Crippen molar-refractivity contribution in [3.8, 4) is 0 Å². The maximum atomic E-state index is 11.6. The topological polar surface area (TPSA) is 46.5 Å². The average molecular weight is 240 g/mol. The fourth-order valence-electron chi connectivity index (χ4n) is 4.01. The van der Waals surface area contributed by atoms with Crippen molar-refractivity contribution < 1.29 is 14.6 Å². The summed E-state index contributed by atoms with van der Waals surface area (Å²) >= 11 is 0. The summed E-state index contributed by atoms with van der Waals surface area (Å²) < 4.78 is 5.05. The predicted molar refractivity (Wildman–Crippen MR) is 65.4 cm³/mol. The van der Waals surface area contributed by atoms with Crippen LogP contribution in [0.1, 0.15) is 52.4 Å². The van der Waals surface area contributed by atoms with Crippen molar-refractivity contribution in [2.75, 3.05) is 6.61 Å². The maximum absolute atomic E-state index is 11.6. The molecule has 3 nitrogen and oxygen atoms in total. The van der Waals surface area contributed by atoms with Crippen LogP contribution in [0.5, 0.6) is 0 Å². The van der Waals surface area contributed by atoms with Gasteiger partial charge in [0.15, 0.2) is 0 Å². The lowest BCUT2D eigenvalue weighted by molar-refractivity contribution is -0.145. The van der Waals surface area contributed by atoms with Gasteiger partial charge in [-0.05, 0) is 49.9 Å². The fourth-order valence-corrected chi connectivity index (χ4v) is 4.01. The molecule has 98 valence electrons. The lowest BCUT2D eigenvalue weighted by atomic mass is 9.64. The largest absolute Gasteiger partial charge is 0.466 e. The fraction of sp³-hybridized carbons (Fsp3) is 0.929. The van der Waals surface area contributed by atoms with E-state index in [1.165, 1.54) is 0 Å². The van der Waals surface area contributed by atoms with Crippen LogP contribution in [0.25, 0.3) is 0 Å². The lowest BCUT2D eigenvalue weighted by Gasteiger charge is -2.43. The van der Waals surface area contributed by atoms with E-state index in [1.807, 2.05) is 6.92 Å². The Labute approximate surface area is 104 Å². The summed E-state index contributed by atoms with van der Waals surface area (Å²) in [6.45, 7) is 4.58. The van der Waals surface area contributed by atoms with Gasteiger partial charge in [-0.1, -0.05) is 13.3 Å². The summed E-state index contributed by atoms with van der Waals surface area (Å²) in [6.07, 6.45) is 5.70. The van der Waals surface area contributed by atoms with Crippen molar-refractivity contribution in [1.82, 2.24) is 0 Å². The molecule has 0 unspecified atom stereocenters. The van der Waals surface area contributed by atoms with Gasteiger partial charge >= 0.3 is 5.97 Å². The minimum Gasteiger partial charge on any atom is -0.466 e. The summed E-state index contributed by atoms with van der Waals surface area (Å²) in [4.78, 5) is 11.6. The van der Waals surface area contributed by atoms with Crippen molar-refractivity contribution in [2.24, 2.45) is 17.3 Å². The van der Waals surface area contributed by atoms with Crippen LogP contribution >= 0.6 is 0 Å². The molecule has 0 aromatic carbocycles. The Morgan fingerprint density at radius 3 is 2.88 bits per heavy atom. The number of esters is 1. The molecule has 2 saturated carbocycles. The van der Waals surface area contributed by atoms with E-state index in [1.54, 1.807) is 0 Å². The van der Waals surface area contributed by atoms with Gasteiger partial charge in [0.25, 0.3) is 0 Å². The van der Waals surface area contributed by atoms with Gasteiger partial charge in [0, 0.05) is 6.42 Å². The van der Waals surface area contributed by atoms with Gasteiger partial charge < -0.3 is 9.84 Å². The van der Waals surface area contributed by atoms with E-state index in [9.17, 15) is 9.90 Å². The van der Waals surface area contributed by atoms with Crippen molar-refractivity contribution in [2.45, 2.75) is 58.5 Å². The molecular formula is C14H24O3. The molecule has 2 rings (SSSR count). The molecule has 17 heavy (non-hydrogen) atoms. The van der Waals surface area contributed by atoms with Crippen LogP contribution in [0.15, 0.2) is 0 Å². The van der Waals surface area contributed by atoms with Crippen LogP contribution in [0, 0.1) is 17.3 Å². The maximum Gasteiger partial charge on any atom is 0.306 e. The van der Waals surface area contributed by atoms with Crippen LogP contribution < -0.4 is 0 Å². The van der Waals surface area contributed by atoms with Gasteiger partial charge in [-0.15, -0.1) is 0 Å². The van der Waals surface area contributed by atoms with Gasteiger partial charge in [0.2, 0.25) is 0 Å². The third kappa shape index (κ3) is 2.35. The highest BCUT2D eigenvalue weighted by molar-refractivity contribution is 5.69. The van der Waals surface area contributed by atoms with Gasteiger partial charge in [-0.3, -0.25) is 4.79 Å². The molecule has 2 fully saturated rings. The summed E-state index contributed by atoms with van der Waals surface area (Å²) in [5.41, 5.74) is 0.157. The van der Waals surface area contributed by atoms with Gasteiger partial charge in [0.05, 0.1) is 12.7 Å². The quantitative estimate of drug-likeness (QED) is 0.771. The smallest absolute Gasteiger partial charge is 0.306 e. The Balaban J connectivity index is 2.02. The Morgan fingerprint density at radius 1 is 1.41 bits per heavy atom. The van der Waals surface area contributed by atoms with Gasteiger partial charge in [0.1, 0.15) is 0 Å². The van der Waals surface area contributed by atoms with E-state index in [2.05, 4.69) is 6.92 Å². The summed E-state index contributed by atoms with van der Waals surface area (Å²) in [5, 5.41) is 10.1. The first-order valence-electron chi connectivity index (χ1n) is 6.91. The van der Waals surface area contributed by atoms with Crippen molar-refractivity contribution >= 4 is 5.97 Å². The summed E-state index contributed by atoms with van der Waals surface area (Å²) in [6, 6.07) is 0. The summed E-state index contributed by atoms with van der Waals surface area (Å²) in [7, 11) is 0. The number of hydrogen-bond donors (Lipinski definition) is 1. The molecule has 0 bridgehead atoms. The minimum atomic E-state index is -0.152. The highest BCUT2D eigenvalue weighted by Gasteiger charge is 2.51. The molecule has 0 aliphatic heterocycles. The second-order valence-corrected chi connectivity index (χ2v) is 5.86. The number of aliphatic hydroxyl groups excluding tert-OH is 1. The van der Waals surface area contributed by atoms with Gasteiger partial charge in [-0.25, -0.2) is 0 Å². The highest BCUT2D eigenvalue weighted by atomic mass is 16.5. The number of fused-ring (bicyclic) bond motifs is 1. The number of carbonyl (C=O) groups is 1. The third-order valence-corrected chi connectivity index (χ3v) is 5.00. The molecule has 0 saturated heterocycles. The molecular weight excluding hydrogens is 216 g/mol. The van der Waals surface area contributed by atoms with E-state index >= 15 is 0 Å². The molecule has 0 heterocycles. The molecule has 2 aliphatic rings.